The topological polar surface area (TPSA) is 75.6 Å². The SMILES string of the molecule is COC(=O)NC(C(=O)O)C(C)S. The van der Waals surface area contributed by atoms with E-state index in [2.05, 4.69) is 22.7 Å². The van der Waals surface area contributed by atoms with Gasteiger partial charge in [-0.15, -0.1) is 0 Å². The third-order valence-corrected chi connectivity index (χ3v) is 1.51. The van der Waals surface area contributed by atoms with E-state index in [-0.39, 0.29) is 0 Å². The highest BCUT2D eigenvalue weighted by atomic mass is 32.1. The summed E-state index contributed by atoms with van der Waals surface area (Å²) in [5, 5.41) is 10.2. The Morgan fingerprint density at radius 2 is 2.08 bits per heavy atom. The van der Waals surface area contributed by atoms with Crippen molar-refractivity contribution in [2.75, 3.05) is 7.11 Å². The van der Waals surface area contributed by atoms with Gasteiger partial charge in [0, 0.05) is 5.25 Å². The van der Waals surface area contributed by atoms with E-state index in [1.165, 1.54) is 0 Å². The minimum absolute atomic E-state index is 0.471. The Morgan fingerprint density at radius 1 is 1.58 bits per heavy atom. The molecule has 12 heavy (non-hydrogen) atoms. The molecule has 2 atom stereocenters. The van der Waals surface area contributed by atoms with E-state index in [1.54, 1.807) is 6.92 Å². The zero-order valence-corrected chi connectivity index (χ0v) is 7.67. The first-order valence-corrected chi connectivity index (χ1v) is 3.76. The fraction of sp³-hybridized carbons (Fsp3) is 0.667. The van der Waals surface area contributed by atoms with Gasteiger partial charge < -0.3 is 15.2 Å². The Hall–Kier alpha value is -0.910. The summed E-state index contributed by atoms with van der Waals surface area (Å²) in [5.41, 5.74) is 0. The average molecular weight is 193 g/mol. The molecule has 0 aromatic rings. The van der Waals surface area contributed by atoms with Crippen LogP contribution < -0.4 is 5.32 Å². The molecule has 0 rings (SSSR count). The number of carbonyl (C=O) groups is 2. The van der Waals surface area contributed by atoms with E-state index >= 15 is 0 Å². The summed E-state index contributed by atoms with van der Waals surface area (Å²) in [7, 11) is 1.16. The number of rotatable bonds is 3. The molecule has 0 aliphatic rings. The second-order valence-corrected chi connectivity index (χ2v) is 3.01. The molecule has 0 radical (unpaired) electrons. The molecule has 0 heterocycles. The number of carboxylic acids is 1. The number of ether oxygens (including phenoxy) is 1. The lowest BCUT2D eigenvalue weighted by atomic mass is 10.2. The lowest BCUT2D eigenvalue weighted by molar-refractivity contribution is -0.139. The van der Waals surface area contributed by atoms with E-state index in [0.717, 1.165) is 7.11 Å². The van der Waals surface area contributed by atoms with Gasteiger partial charge in [0.2, 0.25) is 0 Å². The van der Waals surface area contributed by atoms with Crippen LogP contribution in [-0.4, -0.2) is 35.6 Å². The molecule has 0 aliphatic carbocycles. The monoisotopic (exact) mass is 193 g/mol. The van der Waals surface area contributed by atoms with Crippen molar-refractivity contribution in [3.8, 4) is 0 Å². The van der Waals surface area contributed by atoms with Crippen molar-refractivity contribution in [2.24, 2.45) is 0 Å². The Bertz CT molecular complexity index is 182. The quantitative estimate of drug-likeness (QED) is 0.556. The molecule has 0 aromatic carbocycles. The lowest BCUT2D eigenvalue weighted by Gasteiger charge is -2.15. The van der Waals surface area contributed by atoms with E-state index in [0.29, 0.717) is 0 Å². The molecule has 1 amide bonds. The fourth-order valence-electron chi connectivity index (χ4n) is 0.575. The highest BCUT2D eigenvalue weighted by Gasteiger charge is 2.24. The van der Waals surface area contributed by atoms with Gasteiger partial charge in [-0.1, -0.05) is 6.92 Å². The van der Waals surface area contributed by atoms with Gasteiger partial charge in [0.25, 0.3) is 0 Å². The molecule has 6 heteroatoms. The number of carboxylic acid groups (broad SMARTS) is 1. The van der Waals surface area contributed by atoms with Crippen LogP contribution in [0.4, 0.5) is 4.79 Å². The molecule has 0 saturated heterocycles. The summed E-state index contributed by atoms with van der Waals surface area (Å²) < 4.78 is 4.23. The second-order valence-electron chi connectivity index (χ2n) is 2.19. The molecule has 0 fully saturated rings. The van der Waals surface area contributed by atoms with Crippen molar-refractivity contribution in [2.45, 2.75) is 18.2 Å². The largest absolute Gasteiger partial charge is 0.480 e. The van der Waals surface area contributed by atoms with Crippen molar-refractivity contribution in [1.29, 1.82) is 0 Å². The maximum atomic E-state index is 10.6. The predicted molar refractivity (Wildman–Crippen MR) is 45.4 cm³/mol. The normalized spacial score (nSPS) is 14.6. The zero-order chi connectivity index (χ0) is 9.72. The number of nitrogens with one attached hydrogen (secondary N) is 1. The molecule has 0 aliphatic heterocycles. The summed E-state index contributed by atoms with van der Waals surface area (Å²) in [6.07, 6.45) is -0.775. The fourth-order valence-corrected chi connectivity index (χ4v) is 0.777. The first-order chi connectivity index (χ1) is 5.49. The second kappa shape index (κ2) is 4.87. The van der Waals surface area contributed by atoms with Crippen molar-refractivity contribution < 1.29 is 19.4 Å². The van der Waals surface area contributed by atoms with Gasteiger partial charge in [-0.2, -0.15) is 12.6 Å². The van der Waals surface area contributed by atoms with E-state index in [4.69, 9.17) is 5.11 Å². The van der Waals surface area contributed by atoms with E-state index < -0.39 is 23.4 Å². The number of thiol groups is 1. The minimum Gasteiger partial charge on any atom is -0.480 e. The molecular formula is C6H11NO4S. The van der Waals surface area contributed by atoms with Gasteiger partial charge >= 0.3 is 12.1 Å². The summed E-state index contributed by atoms with van der Waals surface area (Å²) in [4.78, 5) is 21.1. The number of hydrogen-bond acceptors (Lipinski definition) is 4. The third kappa shape index (κ3) is 3.47. The number of methoxy groups -OCH3 is 1. The van der Waals surface area contributed by atoms with Gasteiger partial charge in [0.15, 0.2) is 0 Å². The summed E-state index contributed by atoms with van der Waals surface area (Å²) in [6, 6.07) is -1.03. The number of alkyl carbamates (subject to hydrolysis) is 1. The molecular weight excluding hydrogens is 182 g/mol. The van der Waals surface area contributed by atoms with Gasteiger partial charge in [-0.3, -0.25) is 0 Å². The molecule has 2 N–H and O–H groups in total. The van der Waals surface area contributed by atoms with Gasteiger partial charge in [0.1, 0.15) is 6.04 Å². The highest BCUT2D eigenvalue weighted by molar-refractivity contribution is 7.81. The Labute approximate surface area is 75.5 Å². The van der Waals surface area contributed by atoms with Crippen molar-refractivity contribution in [1.82, 2.24) is 5.32 Å². The number of amides is 1. The van der Waals surface area contributed by atoms with Crippen LogP contribution in [0, 0.1) is 0 Å². The summed E-state index contributed by atoms with van der Waals surface area (Å²) in [6.45, 7) is 1.57. The maximum Gasteiger partial charge on any atom is 0.407 e. The summed E-state index contributed by atoms with van der Waals surface area (Å²) >= 11 is 3.89. The van der Waals surface area contributed by atoms with E-state index in [1.807, 2.05) is 0 Å². The van der Waals surface area contributed by atoms with Gasteiger partial charge in [0.05, 0.1) is 7.11 Å². The number of aliphatic carboxylic acids is 1. The highest BCUT2D eigenvalue weighted by Crippen LogP contribution is 2.01. The molecule has 0 saturated carbocycles. The molecule has 2 unspecified atom stereocenters. The van der Waals surface area contributed by atoms with Gasteiger partial charge in [-0.25, -0.2) is 9.59 Å². The number of carbonyl (C=O) groups excluding carboxylic acids is 1. The van der Waals surface area contributed by atoms with Crippen LogP contribution >= 0.6 is 12.6 Å². The van der Waals surface area contributed by atoms with Crippen molar-refractivity contribution in [3.63, 3.8) is 0 Å². The molecule has 0 spiro atoms. The van der Waals surface area contributed by atoms with Crippen molar-refractivity contribution in [3.05, 3.63) is 0 Å². The van der Waals surface area contributed by atoms with Crippen LogP contribution in [0.3, 0.4) is 0 Å². The van der Waals surface area contributed by atoms with Crippen LogP contribution in [0.25, 0.3) is 0 Å². The van der Waals surface area contributed by atoms with E-state index in [9.17, 15) is 9.59 Å². The molecule has 5 nitrogen and oxygen atoms in total. The predicted octanol–water partition coefficient (Wildman–Crippen LogP) is 0.114. The maximum absolute atomic E-state index is 10.6. The summed E-state index contributed by atoms with van der Waals surface area (Å²) in [5.74, 6) is -1.14. The smallest absolute Gasteiger partial charge is 0.407 e. The zero-order valence-electron chi connectivity index (χ0n) is 6.77. The molecule has 0 aromatic heterocycles. The van der Waals surface area contributed by atoms with Crippen LogP contribution in [0.2, 0.25) is 0 Å². The first-order valence-electron chi connectivity index (χ1n) is 3.24. The lowest BCUT2D eigenvalue weighted by Crippen LogP contribution is -2.45. The van der Waals surface area contributed by atoms with Crippen LogP contribution in [0.5, 0.6) is 0 Å². The first kappa shape index (κ1) is 11.1. The molecule has 70 valence electrons. The van der Waals surface area contributed by atoms with Gasteiger partial charge in [-0.05, 0) is 0 Å². The Balaban J connectivity index is 4.14. The molecule has 0 bridgehead atoms. The van der Waals surface area contributed by atoms with Crippen LogP contribution in [0.1, 0.15) is 6.92 Å². The van der Waals surface area contributed by atoms with Crippen molar-refractivity contribution >= 4 is 24.7 Å². The van der Waals surface area contributed by atoms with Crippen LogP contribution in [-0.2, 0) is 9.53 Å². The number of hydrogen-bond donors (Lipinski definition) is 3. The third-order valence-electron chi connectivity index (χ3n) is 1.21. The average Bonchev–Trinajstić information content (AvgIpc) is 1.98. The van der Waals surface area contributed by atoms with Crippen LogP contribution in [0.15, 0.2) is 0 Å². The Morgan fingerprint density at radius 3 is 2.33 bits per heavy atom. The standard InChI is InChI=1S/C6H11NO4S/c1-3(12)4(5(8)9)7-6(10)11-2/h3-4,12H,1-2H3,(H,7,10)(H,8,9). The minimum atomic E-state index is -1.14. The Kier molecular flexibility index (Phi) is 4.50.